The molecule has 4 N–H and O–H groups in total. The molecule has 0 aliphatic heterocycles. The third-order valence-corrected chi connectivity index (χ3v) is 1.07. The zero-order valence-electron chi connectivity index (χ0n) is 4.91. The molecular weight excluding hydrogens is 88.1 g/mol. The van der Waals surface area contributed by atoms with Gasteiger partial charge in [-0.15, -0.1) is 0 Å². The van der Waals surface area contributed by atoms with E-state index in [0.29, 0.717) is 0 Å². The summed E-state index contributed by atoms with van der Waals surface area (Å²) in [5, 5.41) is 3.32. The van der Waals surface area contributed by atoms with Gasteiger partial charge in [-0.05, 0) is 19.4 Å². The predicted octanol–water partition coefficient (Wildman–Crippen LogP) is 0.920. The first-order valence-corrected chi connectivity index (χ1v) is 2.67. The van der Waals surface area contributed by atoms with Gasteiger partial charge in [0, 0.05) is 6.04 Å². The first-order valence-electron chi connectivity index (χ1n) is 2.67. The molecule has 0 aromatic rings. The zero-order chi connectivity index (χ0) is 4.41. The molecule has 0 aromatic carbocycles. The Bertz CT molecular complexity index is 41.3. The summed E-state index contributed by atoms with van der Waals surface area (Å²) in [5.74, 6) is 0. The van der Waals surface area contributed by atoms with Crippen LogP contribution in [0.1, 0.15) is 19.8 Å². The van der Waals surface area contributed by atoms with E-state index in [-0.39, 0.29) is 6.15 Å². The summed E-state index contributed by atoms with van der Waals surface area (Å²) < 4.78 is 0. The summed E-state index contributed by atoms with van der Waals surface area (Å²) in [6.07, 6.45) is 2.82. The summed E-state index contributed by atoms with van der Waals surface area (Å²) in [6.45, 7) is 3.29. The van der Waals surface area contributed by atoms with Crippen molar-refractivity contribution in [2.75, 3.05) is 6.54 Å². The third-order valence-electron chi connectivity index (χ3n) is 1.07. The van der Waals surface area contributed by atoms with Crippen molar-refractivity contribution in [1.29, 1.82) is 0 Å². The van der Waals surface area contributed by atoms with Crippen LogP contribution in [0.15, 0.2) is 0 Å². The van der Waals surface area contributed by atoms with E-state index in [1.165, 1.54) is 12.8 Å². The Morgan fingerprint density at radius 1 is 1.57 bits per heavy atom. The molecule has 1 fully saturated rings. The van der Waals surface area contributed by atoms with Crippen molar-refractivity contribution in [3.63, 3.8) is 0 Å². The smallest absolute Gasteiger partial charge is 0.00681 e. The van der Waals surface area contributed by atoms with Crippen molar-refractivity contribution in [2.45, 2.75) is 25.8 Å². The Balaban J connectivity index is 0.000000360. The molecule has 44 valence electrons. The quantitative estimate of drug-likeness (QED) is 0.544. The Morgan fingerprint density at radius 3 is 2.29 bits per heavy atom. The first-order chi connectivity index (χ1) is 2.93. The minimum Gasteiger partial charge on any atom is -0.344 e. The Kier molecular flexibility index (Phi) is 2.96. The van der Waals surface area contributed by atoms with Gasteiger partial charge in [0.2, 0.25) is 0 Å². The van der Waals surface area contributed by atoms with Crippen molar-refractivity contribution in [2.24, 2.45) is 0 Å². The van der Waals surface area contributed by atoms with Gasteiger partial charge in [-0.2, -0.15) is 0 Å². The van der Waals surface area contributed by atoms with Crippen LogP contribution in [-0.2, 0) is 0 Å². The van der Waals surface area contributed by atoms with Crippen molar-refractivity contribution < 1.29 is 0 Å². The molecule has 0 radical (unpaired) electrons. The summed E-state index contributed by atoms with van der Waals surface area (Å²) in [4.78, 5) is 0. The molecule has 0 atom stereocenters. The molecule has 2 nitrogen and oxygen atoms in total. The van der Waals surface area contributed by atoms with Gasteiger partial charge in [0.1, 0.15) is 0 Å². The van der Waals surface area contributed by atoms with E-state index < -0.39 is 0 Å². The van der Waals surface area contributed by atoms with Crippen LogP contribution in [0.5, 0.6) is 0 Å². The van der Waals surface area contributed by atoms with Crippen LogP contribution >= 0.6 is 0 Å². The second kappa shape index (κ2) is 2.99. The van der Waals surface area contributed by atoms with Crippen LogP contribution in [0.4, 0.5) is 0 Å². The molecule has 1 aliphatic rings. The fraction of sp³-hybridized carbons (Fsp3) is 1.00. The van der Waals surface area contributed by atoms with Crippen molar-refractivity contribution in [3.8, 4) is 0 Å². The molecular formula is C5H14N2. The molecule has 1 aliphatic carbocycles. The highest BCUT2D eigenvalue weighted by Crippen LogP contribution is 2.17. The minimum absolute atomic E-state index is 0. The number of rotatable bonds is 2. The molecule has 0 unspecified atom stereocenters. The zero-order valence-corrected chi connectivity index (χ0v) is 4.91. The highest BCUT2D eigenvalue weighted by atomic mass is 14.9. The van der Waals surface area contributed by atoms with Crippen LogP contribution < -0.4 is 11.5 Å². The average molecular weight is 102 g/mol. The molecule has 1 rings (SSSR count). The summed E-state index contributed by atoms with van der Waals surface area (Å²) >= 11 is 0. The van der Waals surface area contributed by atoms with Gasteiger partial charge in [0.15, 0.2) is 0 Å². The van der Waals surface area contributed by atoms with Gasteiger partial charge in [-0.3, -0.25) is 0 Å². The van der Waals surface area contributed by atoms with Gasteiger partial charge < -0.3 is 11.5 Å². The van der Waals surface area contributed by atoms with E-state index in [0.717, 1.165) is 12.6 Å². The van der Waals surface area contributed by atoms with E-state index in [2.05, 4.69) is 12.2 Å². The SMILES string of the molecule is CCNC1CC1.N. The summed E-state index contributed by atoms with van der Waals surface area (Å²) in [7, 11) is 0. The van der Waals surface area contributed by atoms with Crippen LogP contribution in [0.2, 0.25) is 0 Å². The van der Waals surface area contributed by atoms with E-state index in [9.17, 15) is 0 Å². The molecule has 7 heavy (non-hydrogen) atoms. The standard InChI is InChI=1S/C5H11N.H3N/c1-2-6-5-3-4-5;/h5-6H,2-4H2,1H3;1H3. The lowest BCUT2D eigenvalue weighted by molar-refractivity contribution is 0.721. The summed E-state index contributed by atoms with van der Waals surface area (Å²) in [6, 6.07) is 0.898. The van der Waals surface area contributed by atoms with Crippen LogP contribution in [-0.4, -0.2) is 12.6 Å². The van der Waals surface area contributed by atoms with Gasteiger partial charge in [0.25, 0.3) is 0 Å². The monoisotopic (exact) mass is 102 g/mol. The maximum absolute atomic E-state index is 3.32. The van der Waals surface area contributed by atoms with Crippen LogP contribution in [0.3, 0.4) is 0 Å². The Labute approximate surface area is 44.9 Å². The largest absolute Gasteiger partial charge is 0.344 e. The van der Waals surface area contributed by atoms with Crippen LogP contribution in [0.25, 0.3) is 0 Å². The normalized spacial score (nSPS) is 18.4. The van der Waals surface area contributed by atoms with Crippen molar-refractivity contribution in [3.05, 3.63) is 0 Å². The van der Waals surface area contributed by atoms with Crippen LogP contribution in [0, 0.1) is 0 Å². The van der Waals surface area contributed by atoms with Gasteiger partial charge in [-0.25, -0.2) is 0 Å². The Morgan fingerprint density at radius 2 is 2.14 bits per heavy atom. The number of hydrogen-bond acceptors (Lipinski definition) is 2. The third kappa shape index (κ3) is 2.60. The highest BCUT2D eigenvalue weighted by molar-refractivity contribution is 4.79. The molecule has 0 aromatic heterocycles. The molecule has 1 saturated carbocycles. The van der Waals surface area contributed by atoms with Crippen molar-refractivity contribution >= 4 is 0 Å². The molecule has 0 bridgehead atoms. The van der Waals surface area contributed by atoms with E-state index in [4.69, 9.17) is 0 Å². The molecule has 0 heterocycles. The lowest BCUT2D eigenvalue weighted by Crippen LogP contribution is -2.14. The second-order valence-electron chi connectivity index (χ2n) is 1.83. The Hall–Kier alpha value is -0.0800. The van der Waals surface area contributed by atoms with E-state index >= 15 is 0 Å². The van der Waals surface area contributed by atoms with Gasteiger partial charge in [-0.1, -0.05) is 6.92 Å². The fourth-order valence-electron chi connectivity index (χ4n) is 0.576. The lowest BCUT2D eigenvalue weighted by atomic mass is 10.6. The highest BCUT2D eigenvalue weighted by Gasteiger charge is 2.18. The average Bonchev–Trinajstić information content (AvgIpc) is 2.21. The maximum Gasteiger partial charge on any atom is 0.00681 e. The maximum atomic E-state index is 3.32. The second-order valence-corrected chi connectivity index (χ2v) is 1.83. The lowest BCUT2D eigenvalue weighted by Gasteiger charge is -1.89. The van der Waals surface area contributed by atoms with Crippen molar-refractivity contribution in [1.82, 2.24) is 11.5 Å². The number of nitrogens with one attached hydrogen (secondary N) is 1. The van der Waals surface area contributed by atoms with Gasteiger partial charge >= 0.3 is 0 Å². The predicted molar refractivity (Wildman–Crippen MR) is 31.7 cm³/mol. The van der Waals surface area contributed by atoms with E-state index in [1.807, 2.05) is 0 Å². The molecule has 0 saturated heterocycles. The summed E-state index contributed by atoms with van der Waals surface area (Å²) in [5.41, 5.74) is 0. The minimum atomic E-state index is 0. The first kappa shape index (κ1) is 6.92. The molecule has 0 amide bonds. The van der Waals surface area contributed by atoms with E-state index in [1.54, 1.807) is 0 Å². The number of hydrogen-bond donors (Lipinski definition) is 2. The molecule has 0 spiro atoms. The van der Waals surface area contributed by atoms with Gasteiger partial charge in [0.05, 0.1) is 0 Å². The fourth-order valence-corrected chi connectivity index (χ4v) is 0.576. The molecule has 2 heteroatoms. The topological polar surface area (TPSA) is 47.0 Å².